The van der Waals surface area contributed by atoms with Gasteiger partial charge in [-0.25, -0.2) is 9.78 Å². The van der Waals surface area contributed by atoms with Crippen molar-refractivity contribution in [1.29, 1.82) is 0 Å². The van der Waals surface area contributed by atoms with Crippen LogP contribution in [0.15, 0.2) is 48.0 Å². The summed E-state index contributed by atoms with van der Waals surface area (Å²) in [4.78, 5) is 44.8. The Morgan fingerprint density at radius 1 is 1.08 bits per heavy atom. The average molecular weight is 523 g/mol. The molecule has 1 fully saturated rings. The van der Waals surface area contributed by atoms with Crippen molar-refractivity contribution in [3.05, 3.63) is 75.3 Å². The molecule has 2 heterocycles. The summed E-state index contributed by atoms with van der Waals surface area (Å²) in [6.45, 7) is 5.73. The number of esters is 1. The number of aromatic nitrogens is 1. The van der Waals surface area contributed by atoms with Crippen LogP contribution < -0.4 is 14.4 Å². The van der Waals surface area contributed by atoms with Crippen molar-refractivity contribution >= 4 is 39.9 Å². The highest BCUT2D eigenvalue weighted by molar-refractivity contribution is 7.17. The summed E-state index contributed by atoms with van der Waals surface area (Å²) in [5.74, 6) is -1.43. The topological polar surface area (TPSA) is 115 Å². The van der Waals surface area contributed by atoms with E-state index in [1.807, 2.05) is 6.92 Å². The van der Waals surface area contributed by atoms with Crippen LogP contribution in [-0.4, -0.2) is 48.6 Å². The number of hydrogen-bond donors (Lipinski definition) is 1. The van der Waals surface area contributed by atoms with E-state index in [1.165, 1.54) is 19.1 Å². The highest BCUT2D eigenvalue weighted by Gasteiger charge is 2.48. The first-order valence-corrected chi connectivity index (χ1v) is 12.3. The molecular formula is C27H26N2O7S. The minimum Gasteiger partial charge on any atom is -0.507 e. The number of ketones is 1. The van der Waals surface area contributed by atoms with Gasteiger partial charge in [0.25, 0.3) is 5.78 Å². The van der Waals surface area contributed by atoms with E-state index < -0.39 is 23.7 Å². The predicted molar refractivity (Wildman–Crippen MR) is 138 cm³/mol. The summed E-state index contributed by atoms with van der Waals surface area (Å²) in [5, 5.41) is 11.5. The Hall–Kier alpha value is -4.18. The molecule has 0 bridgehead atoms. The minimum atomic E-state index is -0.992. The minimum absolute atomic E-state index is 0.0881. The predicted octanol–water partition coefficient (Wildman–Crippen LogP) is 4.58. The molecule has 1 unspecified atom stereocenters. The molecule has 2 aromatic carbocycles. The van der Waals surface area contributed by atoms with Gasteiger partial charge in [0, 0.05) is 5.56 Å². The van der Waals surface area contributed by atoms with Crippen LogP contribution >= 0.6 is 11.3 Å². The zero-order valence-electron chi connectivity index (χ0n) is 21.0. The van der Waals surface area contributed by atoms with Gasteiger partial charge in [-0.05, 0) is 62.2 Å². The van der Waals surface area contributed by atoms with Crippen molar-refractivity contribution in [2.45, 2.75) is 26.8 Å². The fourth-order valence-electron chi connectivity index (χ4n) is 4.20. The first-order chi connectivity index (χ1) is 17.7. The van der Waals surface area contributed by atoms with Crippen molar-refractivity contribution in [3.8, 4) is 11.5 Å². The maximum atomic E-state index is 13.4. The third-order valence-corrected chi connectivity index (χ3v) is 7.14. The molecule has 1 N–H and O–H groups in total. The van der Waals surface area contributed by atoms with Crippen molar-refractivity contribution in [3.63, 3.8) is 0 Å². The molecule has 1 atom stereocenters. The summed E-state index contributed by atoms with van der Waals surface area (Å²) < 4.78 is 15.6. The Balaban J connectivity index is 1.92. The number of nitrogens with zero attached hydrogens (tertiary/aromatic N) is 2. The van der Waals surface area contributed by atoms with Gasteiger partial charge in [0.05, 0.1) is 38.1 Å². The van der Waals surface area contributed by atoms with Crippen LogP contribution in [0.25, 0.3) is 5.76 Å². The third-order valence-electron chi connectivity index (χ3n) is 6.00. The number of aryl methyl sites for hydroxylation is 2. The number of amides is 1. The maximum absolute atomic E-state index is 13.4. The highest BCUT2D eigenvalue weighted by Crippen LogP contribution is 2.44. The van der Waals surface area contributed by atoms with Gasteiger partial charge in [-0.15, -0.1) is 0 Å². The fraction of sp³-hybridized carbons (Fsp3) is 0.259. The van der Waals surface area contributed by atoms with Gasteiger partial charge < -0.3 is 19.3 Å². The zero-order chi connectivity index (χ0) is 26.9. The molecule has 37 heavy (non-hydrogen) atoms. The zero-order valence-corrected chi connectivity index (χ0v) is 21.8. The van der Waals surface area contributed by atoms with E-state index in [0.717, 1.165) is 11.3 Å². The van der Waals surface area contributed by atoms with Crippen molar-refractivity contribution in [2.24, 2.45) is 0 Å². The van der Waals surface area contributed by atoms with E-state index in [9.17, 15) is 19.5 Å². The summed E-state index contributed by atoms with van der Waals surface area (Å²) in [7, 11) is 2.79. The summed E-state index contributed by atoms with van der Waals surface area (Å²) in [6, 6.07) is 10.9. The molecule has 3 aromatic rings. The number of aliphatic hydroxyl groups is 1. The first-order valence-electron chi connectivity index (χ1n) is 11.5. The second-order valence-corrected chi connectivity index (χ2v) is 9.23. The molecule has 1 aromatic heterocycles. The lowest BCUT2D eigenvalue weighted by Crippen LogP contribution is -2.29. The van der Waals surface area contributed by atoms with Crippen LogP contribution in [0.5, 0.6) is 11.5 Å². The summed E-state index contributed by atoms with van der Waals surface area (Å²) in [5.41, 5.74) is 1.88. The molecule has 1 amide bonds. The van der Waals surface area contributed by atoms with Crippen molar-refractivity contribution in [2.75, 3.05) is 25.7 Å². The van der Waals surface area contributed by atoms with E-state index in [-0.39, 0.29) is 21.3 Å². The standard InChI is InChI=1S/C27H26N2O7S/c1-6-36-17-9-7-16(8-10-17)21-20(22(30)19-12-11-18(34-4)13-14(19)2)23(31)25(32)29(21)27-28-15(3)24(37-27)26(33)35-5/h7-13,21,30H,6H2,1-5H3. The monoisotopic (exact) mass is 522 g/mol. The van der Waals surface area contributed by atoms with Gasteiger partial charge in [0.2, 0.25) is 0 Å². The highest BCUT2D eigenvalue weighted by atomic mass is 32.1. The maximum Gasteiger partial charge on any atom is 0.350 e. The Labute approximate surface area is 217 Å². The van der Waals surface area contributed by atoms with Crippen LogP contribution in [0.2, 0.25) is 0 Å². The smallest absolute Gasteiger partial charge is 0.350 e. The largest absolute Gasteiger partial charge is 0.507 e. The molecule has 0 saturated carbocycles. The molecule has 9 nitrogen and oxygen atoms in total. The lowest BCUT2D eigenvalue weighted by Gasteiger charge is -2.23. The molecule has 0 radical (unpaired) electrons. The molecule has 1 aliphatic rings. The number of ether oxygens (including phenoxy) is 3. The Morgan fingerprint density at radius 2 is 1.76 bits per heavy atom. The quantitative estimate of drug-likeness (QED) is 0.208. The molecule has 10 heteroatoms. The number of carbonyl (C=O) groups excluding carboxylic acids is 3. The average Bonchev–Trinajstić information content (AvgIpc) is 3.40. The van der Waals surface area contributed by atoms with E-state index in [2.05, 4.69) is 4.98 Å². The second kappa shape index (κ2) is 10.4. The summed E-state index contributed by atoms with van der Waals surface area (Å²) in [6.07, 6.45) is 0. The van der Waals surface area contributed by atoms with Gasteiger partial charge in [-0.2, -0.15) is 0 Å². The SMILES string of the molecule is CCOc1ccc(C2C(=C(O)c3ccc(OC)cc3C)C(=O)C(=O)N2c2nc(C)c(C(=O)OC)s2)cc1. The van der Waals surface area contributed by atoms with Gasteiger partial charge in [-0.3, -0.25) is 14.5 Å². The Bertz CT molecular complexity index is 1410. The van der Waals surface area contributed by atoms with Crippen LogP contribution in [0.1, 0.15) is 45.0 Å². The molecular weight excluding hydrogens is 496 g/mol. The number of aliphatic hydroxyl groups excluding tert-OH is 1. The molecule has 1 aliphatic heterocycles. The van der Waals surface area contributed by atoms with E-state index in [0.29, 0.717) is 40.5 Å². The van der Waals surface area contributed by atoms with Crippen LogP contribution in [0, 0.1) is 13.8 Å². The van der Waals surface area contributed by atoms with Crippen molar-refractivity contribution < 1.29 is 33.7 Å². The normalized spacial score (nSPS) is 16.7. The van der Waals surface area contributed by atoms with Crippen LogP contribution in [-0.2, 0) is 14.3 Å². The number of thiazole rings is 1. The number of methoxy groups -OCH3 is 2. The van der Waals surface area contributed by atoms with Gasteiger partial charge >= 0.3 is 11.9 Å². The van der Waals surface area contributed by atoms with Crippen molar-refractivity contribution in [1.82, 2.24) is 4.98 Å². The number of hydrogen-bond acceptors (Lipinski definition) is 9. The fourth-order valence-corrected chi connectivity index (χ4v) is 5.21. The second-order valence-electron chi connectivity index (χ2n) is 8.25. The third kappa shape index (κ3) is 4.67. The molecule has 0 spiro atoms. The lowest BCUT2D eigenvalue weighted by molar-refractivity contribution is -0.132. The molecule has 192 valence electrons. The molecule has 0 aliphatic carbocycles. The number of benzene rings is 2. The Kier molecular flexibility index (Phi) is 7.30. The van der Waals surface area contributed by atoms with Crippen LogP contribution in [0.4, 0.5) is 5.13 Å². The van der Waals surface area contributed by atoms with E-state index in [4.69, 9.17) is 14.2 Å². The molecule has 4 rings (SSSR count). The summed E-state index contributed by atoms with van der Waals surface area (Å²) >= 11 is 0.944. The van der Waals surface area contributed by atoms with E-state index >= 15 is 0 Å². The number of anilines is 1. The number of carbonyl (C=O) groups is 3. The van der Waals surface area contributed by atoms with Gasteiger partial charge in [0.1, 0.15) is 22.1 Å². The van der Waals surface area contributed by atoms with Gasteiger partial charge in [0.15, 0.2) is 5.13 Å². The van der Waals surface area contributed by atoms with E-state index in [1.54, 1.807) is 56.3 Å². The number of Topliss-reactive ketones (excluding diaryl/α,β-unsaturated/α-hetero) is 1. The molecule has 1 saturated heterocycles. The number of rotatable bonds is 7. The van der Waals surface area contributed by atoms with Gasteiger partial charge in [-0.1, -0.05) is 23.5 Å². The first kappa shape index (κ1) is 25.9. The Morgan fingerprint density at radius 3 is 2.35 bits per heavy atom. The van der Waals surface area contributed by atoms with Crippen LogP contribution in [0.3, 0.4) is 0 Å². The lowest BCUT2D eigenvalue weighted by atomic mass is 9.94.